The van der Waals surface area contributed by atoms with Gasteiger partial charge in [0.05, 0.1) is 24.6 Å². The molecule has 0 spiro atoms. The molecule has 0 aliphatic heterocycles. The molecule has 0 saturated heterocycles. The number of carbonyl (C=O) groups excluding carboxylic acids is 1. The van der Waals surface area contributed by atoms with Crippen molar-refractivity contribution in [2.75, 3.05) is 0 Å². The molecule has 0 saturated carbocycles. The lowest BCUT2D eigenvalue weighted by atomic mass is 10.1. The second-order valence-electron chi connectivity index (χ2n) is 3.49. The number of carbonyl (C=O) groups is 1. The summed E-state index contributed by atoms with van der Waals surface area (Å²) in [6, 6.07) is 7.68. The molecular formula is C13H11N3O. The van der Waals surface area contributed by atoms with Gasteiger partial charge >= 0.3 is 0 Å². The van der Waals surface area contributed by atoms with E-state index in [0.717, 1.165) is 16.8 Å². The molecule has 17 heavy (non-hydrogen) atoms. The molecule has 0 aliphatic carbocycles. The molecule has 0 bridgehead atoms. The molecule has 1 aromatic heterocycles. The summed E-state index contributed by atoms with van der Waals surface area (Å²) in [6.45, 7) is 0. The molecule has 3 N–H and O–H groups in total. The van der Waals surface area contributed by atoms with Crippen LogP contribution in [0, 0.1) is 11.8 Å². The zero-order valence-electron chi connectivity index (χ0n) is 9.10. The molecule has 2 aromatic rings. The van der Waals surface area contributed by atoms with Gasteiger partial charge < -0.3 is 10.7 Å². The minimum Gasteiger partial charge on any atom is -0.369 e. The summed E-state index contributed by atoms with van der Waals surface area (Å²) < 4.78 is 0. The average Bonchev–Trinajstić information content (AvgIpc) is 2.83. The van der Waals surface area contributed by atoms with E-state index >= 15 is 0 Å². The molecule has 1 amide bonds. The van der Waals surface area contributed by atoms with E-state index in [9.17, 15) is 4.79 Å². The van der Waals surface area contributed by atoms with Crippen LogP contribution in [0.3, 0.4) is 0 Å². The summed E-state index contributed by atoms with van der Waals surface area (Å²) in [5.41, 5.74) is 7.85. The monoisotopic (exact) mass is 225 g/mol. The summed E-state index contributed by atoms with van der Waals surface area (Å²) >= 11 is 0. The second kappa shape index (κ2) is 4.99. The Balaban J connectivity index is 2.13. The Labute approximate surface area is 98.9 Å². The predicted molar refractivity (Wildman–Crippen MR) is 64.7 cm³/mol. The maximum Gasteiger partial charge on any atom is 0.229 e. The van der Waals surface area contributed by atoms with Crippen molar-refractivity contribution in [3.05, 3.63) is 42.4 Å². The molecule has 0 fully saturated rings. The summed E-state index contributed by atoms with van der Waals surface area (Å²) in [7, 11) is 0. The van der Waals surface area contributed by atoms with Gasteiger partial charge in [0, 0.05) is 5.56 Å². The van der Waals surface area contributed by atoms with Crippen LogP contribution in [0.4, 0.5) is 0 Å². The van der Waals surface area contributed by atoms with E-state index in [4.69, 9.17) is 5.73 Å². The summed E-state index contributed by atoms with van der Waals surface area (Å²) in [5.74, 6) is 5.17. The van der Waals surface area contributed by atoms with E-state index in [2.05, 4.69) is 21.8 Å². The maximum absolute atomic E-state index is 10.5. The molecule has 0 unspecified atom stereocenters. The summed E-state index contributed by atoms with van der Waals surface area (Å²) in [6.07, 6.45) is 3.48. The van der Waals surface area contributed by atoms with Crippen LogP contribution >= 0.6 is 0 Å². The van der Waals surface area contributed by atoms with Crippen molar-refractivity contribution in [2.45, 2.75) is 6.42 Å². The highest BCUT2D eigenvalue weighted by Gasteiger charge is 1.97. The van der Waals surface area contributed by atoms with Crippen LogP contribution in [-0.4, -0.2) is 15.9 Å². The normalized spacial score (nSPS) is 9.41. The number of amides is 1. The van der Waals surface area contributed by atoms with Gasteiger partial charge in [-0.25, -0.2) is 4.98 Å². The van der Waals surface area contributed by atoms with Gasteiger partial charge in [-0.3, -0.25) is 4.79 Å². The van der Waals surface area contributed by atoms with Crippen LogP contribution in [0.25, 0.3) is 11.3 Å². The third-order valence-corrected chi connectivity index (χ3v) is 2.19. The van der Waals surface area contributed by atoms with E-state index in [1.165, 1.54) is 0 Å². The number of nitrogens with zero attached hydrogens (tertiary/aromatic N) is 1. The molecule has 0 aliphatic rings. The molecule has 0 atom stereocenters. The minimum absolute atomic E-state index is 0.0856. The van der Waals surface area contributed by atoms with Crippen LogP contribution in [0.1, 0.15) is 12.0 Å². The molecule has 1 aromatic carbocycles. The fourth-order valence-electron chi connectivity index (χ4n) is 1.38. The highest BCUT2D eigenvalue weighted by atomic mass is 16.1. The van der Waals surface area contributed by atoms with Crippen molar-refractivity contribution < 1.29 is 4.79 Å². The number of hydrogen-bond donors (Lipinski definition) is 2. The lowest BCUT2D eigenvalue weighted by Gasteiger charge is -1.96. The lowest BCUT2D eigenvalue weighted by Crippen LogP contribution is -2.08. The zero-order chi connectivity index (χ0) is 12.1. The van der Waals surface area contributed by atoms with Gasteiger partial charge in [-0.1, -0.05) is 24.0 Å². The standard InChI is InChI=1S/C13H11N3O/c14-13(17)3-1-2-10-4-6-11(7-5-10)12-8-15-9-16-12/h4-9H,3H2,(H2,14,17)(H,15,16). The summed E-state index contributed by atoms with van der Waals surface area (Å²) in [5, 5.41) is 0. The quantitative estimate of drug-likeness (QED) is 0.756. The van der Waals surface area contributed by atoms with E-state index in [1.807, 2.05) is 24.3 Å². The fourth-order valence-corrected chi connectivity index (χ4v) is 1.38. The number of H-pyrrole nitrogens is 1. The largest absolute Gasteiger partial charge is 0.369 e. The number of nitrogens with one attached hydrogen (secondary N) is 1. The van der Waals surface area contributed by atoms with Gasteiger partial charge in [0.15, 0.2) is 0 Å². The third kappa shape index (κ3) is 2.95. The van der Waals surface area contributed by atoms with Gasteiger partial charge in [0.2, 0.25) is 5.91 Å². The second-order valence-corrected chi connectivity index (χ2v) is 3.49. The first-order valence-corrected chi connectivity index (χ1v) is 5.12. The van der Waals surface area contributed by atoms with Crippen molar-refractivity contribution in [3.8, 4) is 23.1 Å². The Morgan fingerprint density at radius 3 is 2.71 bits per heavy atom. The Kier molecular flexibility index (Phi) is 3.22. The topological polar surface area (TPSA) is 71.8 Å². The number of hydrogen-bond acceptors (Lipinski definition) is 2. The highest BCUT2D eigenvalue weighted by Crippen LogP contribution is 2.15. The van der Waals surface area contributed by atoms with E-state index in [0.29, 0.717) is 0 Å². The first-order chi connectivity index (χ1) is 8.25. The molecule has 2 rings (SSSR count). The lowest BCUT2D eigenvalue weighted by molar-refractivity contribution is -0.117. The van der Waals surface area contributed by atoms with Gasteiger partial charge in [-0.05, 0) is 17.7 Å². The van der Waals surface area contributed by atoms with Crippen molar-refractivity contribution in [1.82, 2.24) is 9.97 Å². The Morgan fingerprint density at radius 2 is 2.12 bits per heavy atom. The number of primary amides is 1. The van der Waals surface area contributed by atoms with Crippen molar-refractivity contribution >= 4 is 5.91 Å². The minimum atomic E-state index is -0.411. The SMILES string of the molecule is NC(=O)CC#Cc1ccc(-c2cnc[nH]2)cc1. The predicted octanol–water partition coefficient (Wildman–Crippen LogP) is 1.30. The van der Waals surface area contributed by atoms with Crippen LogP contribution < -0.4 is 5.73 Å². The van der Waals surface area contributed by atoms with Crippen molar-refractivity contribution in [3.63, 3.8) is 0 Å². The van der Waals surface area contributed by atoms with E-state index in [-0.39, 0.29) is 6.42 Å². The number of benzene rings is 1. The summed E-state index contributed by atoms with van der Waals surface area (Å²) in [4.78, 5) is 17.5. The molecule has 0 radical (unpaired) electrons. The van der Waals surface area contributed by atoms with Gasteiger partial charge in [-0.2, -0.15) is 0 Å². The maximum atomic E-state index is 10.5. The van der Waals surface area contributed by atoms with Gasteiger partial charge in [0.1, 0.15) is 0 Å². The van der Waals surface area contributed by atoms with Crippen molar-refractivity contribution in [2.24, 2.45) is 5.73 Å². The molecule has 4 nitrogen and oxygen atoms in total. The van der Waals surface area contributed by atoms with E-state index in [1.54, 1.807) is 12.5 Å². The molecule has 4 heteroatoms. The number of aromatic nitrogens is 2. The zero-order valence-corrected chi connectivity index (χ0v) is 9.10. The van der Waals surface area contributed by atoms with Crippen LogP contribution in [0.5, 0.6) is 0 Å². The first kappa shape index (κ1) is 11.0. The Morgan fingerprint density at radius 1 is 1.35 bits per heavy atom. The number of rotatable bonds is 2. The fraction of sp³-hybridized carbons (Fsp3) is 0.0769. The van der Waals surface area contributed by atoms with Crippen molar-refractivity contribution in [1.29, 1.82) is 0 Å². The smallest absolute Gasteiger partial charge is 0.229 e. The first-order valence-electron chi connectivity index (χ1n) is 5.12. The van der Waals surface area contributed by atoms with Gasteiger partial charge in [-0.15, -0.1) is 0 Å². The number of nitrogens with two attached hydrogens (primary N) is 1. The van der Waals surface area contributed by atoms with Crippen LogP contribution in [-0.2, 0) is 4.79 Å². The van der Waals surface area contributed by atoms with Gasteiger partial charge in [0.25, 0.3) is 0 Å². The molecule has 84 valence electrons. The third-order valence-electron chi connectivity index (χ3n) is 2.19. The Bertz CT molecular complexity index is 559. The average molecular weight is 225 g/mol. The number of aromatic amines is 1. The Hall–Kier alpha value is -2.54. The molecular weight excluding hydrogens is 214 g/mol. The van der Waals surface area contributed by atoms with Crippen LogP contribution in [0.15, 0.2) is 36.8 Å². The van der Waals surface area contributed by atoms with Crippen LogP contribution in [0.2, 0.25) is 0 Å². The number of imidazole rings is 1. The molecule has 1 heterocycles. The van der Waals surface area contributed by atoms with E-state index < -0.39 is 5.91 Å². The highest BCUT2D eigenvalue weighted by molar-refractivity contribution is 5.76.